The van der Waals surface area contributed by atoms with Crippen molar-refractivity contribution in [3.8, 4) is 0 Å². The van der Waals surface area contributed by atoms with Gasteiger partial charge >= 0.3 is 0 Å². The van der Waals surface area contributed by atoms with Crippen LogP contribution in [0.4, 0.5) is 0 Å². The van der Waals surface area contributed by atoms with Gasteiger partial charge in [0, 0.05) is 0 Å². The minimum atomic E-state index is -0.00675. The number of ether oxygens (including phenoxy) is 1. The molecule has 0 aromatic rings. The Morgan fingerprint density at radius 3 is 2.58 bits per heavy atom. The predicted molar refractivity (Wildman–Crippen MR) is 93.4 cm³/mol. The molecular weight excluding hydrogens is 296 g/mol. The molecule has 2 nitrogen and oxygen atoms in total. The van der Waals surface area contributed by atoms with Gasteiger partial charge in [-0.1, -0.05) is 6.92 Å². The molecule has 1 heterocycles. The first-order valence-corrected chi connectivity index (χ1v) is 11.0. The average molecular weight is 331 g/mol. The van der Waals surface area contributed by atoms with Crippen molar-refractivity contribution in [3.05, 3.63) is 0 Å². The Bertz CT molecular complexity index is 546. The Labute approximate surface area is 146 Å². The molecule has 0 aromatic heterocycles. The van der Waals surface area contributed by atoms with Crippen LogP contribution >= 0.6 is 0 Å². The summed E-state index contributed by atoms with van der Waals surface area (Å²) in [5.74, 6) is 4.68. The molecule has 1 saturated heterocycles. The van der Waals surface area contributed by atoms with E-state index in [2.05, 4.69) is 6.92 Å². The zero-order chi connectivity index (χ0) is 16.1. The number of aliphatic hydroxyl groups excluding tert-OH is 1. The maximum atomic E-state index is 10.2. The lowest BCUT2D eigenvalue weighted by Crippen LogP contribution is -2.55. The monoisotopic (exact) mass is 330 g/mol. The molecule has 134 valence electrons. The van der Waals surface area contributed by atoms with Crippen LogP contribution in [0.3, 0.4) is 0 Å². The third-order valence-electron chi connectivity index (χ3n) is 10.3. The van der Waals surface area contributed by atoms with Gasteiger partial charge in [-0.2, -0.15) is 0 Å². The first-order valence-electron chi connectivity index (χ1n) is 11.0. The van der Waals surface area contributed by atoms with Crippen LogP contribution in [0.1, 0.15) is 77.6 Å². The van der Waals surface area contributed by atoms with Crippen molar-refractivity contribution in [2.75, 3.05) is 0 Å². The van der Waals surface area contributed by atoms with Gasteiger partial charge in [-0.25, -0.2) is 0 Å². The molecular formula is C22H34O2. The second kappa shape index (κ2) is 4.80. The number of epoxide rings is 1. The maximum Gasteiger partial charge on any atom is 0.0875 e. The fourth-order valence-corrected chi connectivity index (χ4v) is 9.23. The number of rotatable bonds is 0. The van der Waals surface area contributed by atoms with Crippen LogP contribution in [0.25, 0.3) is 0 Å². The van der Waals surface area contributed by atoms with Crippen molar-refractivity contribution in [1.82, 2.24) is 0 Å². The number of hydrogen-bond donors (Lipinski definition) is 1. The van der Waals surface area contributed by atoms with Crippen molar-refractivity contribution in [1.29, 1.82) is 0 Å². The van der Waals surface area contributed by atoms with Gasteiger partial charge in [-0.3, -0.25) is 0 Å². The Kier molecular flexibility index (Phi) is 3.00. The quantitative estimate of drug-likeness (QED) is 0.661. The highest BCUT2D eigenvalue weighted by Gasteiger charge is 2.67. The molecule has 1 N–H and O–H groups in total. The van der Waals surface area contributed by atoms with Crippen LogP contribution in [0.15, 0.2) is 0 Å². The summed E-state index contributed by atoms with van der Waals surface area (Å²) in [6, 6.07) is 0. The van der Waals surface area contributed by atoms with Gasteiger partial charge in [0.05, 0.1) is 18.3 Å². The number of fused-ring (bicyclic) bond motifs is 6. The Hall–Kier alpha value is -0.0800. The summed E-state index contributed by atoms with van der Waals surface area (Å²) in [7, 11) is 0. The average Bonchev–Trinajstić information content (AvgIpc) is 3.26. The second-order valence-corrected chi connectivity index (χ2v) is 10.7. The standard InChI is InChI=1S/C22H34O2/c1-21-9-6-14(23)12-13(21)2-3-15-16(21)7-10-22-11-8-19-20(24-19)18(22)5-4-17(15)22/h13-20,23H,2-12H2,1H3/t13-,14+,15+,16-,17-,18+,19+,20-,21-,22-/m0/s1. The first-order chi connectivity index (χ1) is 11.6. The summed E-state index contributed by atoms with van der Waals surface area (Å²) in [4.78, 5) is 0. The molecule has 6 fully saturated rings. The topological polar surface area (TPSA) is 32.8 Å². The van der Waals surface area contributed by atoms with Crippen molar-refractivity contribution in [2.45, 2.75) is 95.9 Å². The molecule has 0 radical (unpaired) electrons. The fourth-order valence-electron chi connectivity index (χ4n) is 9.23. The molecule has 1 aliphatic heterocycles. The summed E-state index contributed by atoms with van der Waals surface area (Å²) in [5.41, 5.74) is 1.21. The maximum absolute atomic E-state index is 10.2. The Morgan fingerprint density at radius 2 is 1.67 bits per heavy atom. The molecule has 0 aromatic carbocycles. The lowest BCUT2D eigenvalue weighted by Gasteiger charge is -2.62. The van der Waals surface area contributed by atoms with Crippen LogP contribution in [-0.4, -0.2) is 23.4 Å². The van der Waals surface area contributed by atoms with Crippen molar-refractivity contribution >= 4 is 0 Å². The van der Waals surface area contributed by atoms with Gasteiger partial charge in [0.25, 0.3) is 0 Å². The van der Waals surface area contributed by atoms with Gasteiger partial charge < -0.3 is 9.84 Å². The van der Waals surface area contributed by atoms with Gasteiger partial charge in [-0.05, 0) is 111 Å². The minimum Gasteiger partial charge on any atom is -0.393 e. The SMILES string of the molecule is C[C@]12CC[C@@H](O)C[C@@H]1CC[C@@H]1[C@@H]2CC[C@@]23CC[C@H]4O[C@H]4[C@H]2CC[C@@H]13. The fraction of sp³-hybridized carbons (Fsp3) is 1.00. The normalized spacial score (nSPS) is 64.2. The largest absolute Gasteiger partial charge is 0.393 e. The van der Waals surface area contributed by atoms with Gasteiger partial charge in [0.1, 0.15) is 0 Å². The minimum absolute atomic E-state index is 0.00675. The molecule has 6 aliphatic rings. The van der Waals surface area contributed by atoms with E-state index in [9.17, 15) is 5.11 Å². The molecule has 0 unspecified atom stereocenters. The second-order valence-electron chi connectivity index (χ2n) is 10.7. The number of hydrogen-bond acceptors (Lipinski definition) is 2. The highest BCUT2D eigenvalue weighted by atomic mass is 16.6. The van der Waals surface area contributed by atoms with E-state index in [0.717, 1.165) is 42.4 Å². The lowest BCUT2D eigenvalue weighted by atomic mass is 9.43. The predicted octanol–water partition coefficient (Wildman–Crippen LogP) is 4.55. The molecule has 10 atom stereocenters. The smallest absolute Gasteiger partial charge is 0.0875 e. The molecule has 6 rings (SSSR count). The summed E-state index contributed by atoms with van der Waals surface area (Å²) < 4.78 is 6.06. The molecule has 2 heteroatoms. The number of aliphatic hydroxyl groups is 1. The van der Waals surface area contributed by atoms with E-state index >= 15 is 0 Å². The van der Waals surface area contributed by atoms with Crippen LogP contribution < -0.4 is 0 Å². The van der Waals surface area contributed by atoms with Gasteiger partial charge in [0.15, 0.2) is 0 Å². The summed E-state index contributed by atoms with van der Waals surface area (Å²) in [6.45, 7) is 2.62. The van der Waals surface area contributed by atoms with Gasteiger partial charge in [0.2, 0.25) is 0 Å². The van der Waals surface area contributed by atoms with E-state index in [-0.39, 0.29) is 6.10 Å². The molecule has 0 bridgehead atoms. The lowest BCUT2D eigenvalue weighted by molar-refractivity contribution is -0.134. The van der Waals surface area contributed by atoms with Crippen molar-refractivity contribution < 1.29 is 9.84 Å². The van der Waals surface area contributed by atoms with E-state index in [1.54, 1.807) is 0 Å². The molecule has 24 heavy (non-hydrogen) atoms. The molecule has 5 saturated carbocycles. The highest BCUT2D eigenvalue weighted by molar-refractivity contribution is 5.16. The molecule has 5 aliphatic carbocycles. The van der Waals surface area contributed by atoms with Crippen LogP contribution in [0.2, 0.25) is 0 Å². The summed E-state index contributed by atoms with van der Waals surface area (Å²) in [5, 5.41) is 10.2. The van der Waals surface area contributed by atoms with Gasteiger partial charge in [-0.15, -0.1) is 0 Å². The highest BCUT2D eigenvalue weighted by Crippen LogP contribution is 2.71. The van der Waals surface area contributed by atoms with E-state index in [4.69, 9.17) is 4.74 Å². The van der Waals surface area contributed by atoms with E-state index in [0.29, 0.717) is 23.0 Å². The summed E-state index contributed by atoms with van der Waals surface area (Å²) >= 11 is 0. The first kappa shape index (κ1) is 15.0. The third kappa shape index (κ3) is 1.76. The molecule has 1 spiro atoms. The zero-order valence-corrected chi connectivity index (χ0v) is 15.3. The van der Waals surface area contributed by atoms with E-state index in [1.807, 2.05) is 0 Å². The third-order valence-corrected chi connectivity index (χ3v) is 10.3. The van der Waals surface area contributed by atoms with Crippen LogP contribution in [0, 0.1) is 40.4 Å². The van der Waals surface area contributed by atoms with E-state index in [1.165, 1.54) is 57.8 Å². The molecule has 0 amide bonds. The van der Waals surface area contributed by atoms with Crippen LogP contribution in [-0.2, 0) is 4.74 Å². The van der Waals surface area contributed by atoms with Crippen LogP contribution in [0.5, 0.6) is 0 Å². The van der Waals surface area contributed by atoms with Crippen molar-refractivity contribution in [2.24, 2.45) is 40.4 Å². The zero-order valence-electron chi connectivity index (χ0n) is 15.3. The van der Waals surface area contributed by atoms with E-state index < -0.39 is 0 Å². The summed E-state index contributed by atoms with van der Waals surface area (Å²) in [6.07, 6.45) is 16.4. The Morgan fingerprint density at radius 1 is 0.833 bits per heavy atom. The Balaban J connectivity index is 1.32. The van der Waals surface area contributed by atoms with Crippen molar-refractivity contribution in [3.63, 3.8) is 0 Å².